The van der Waals surface area contributed by atoms with Gasteiger partial charge in [-0.2, -0.15) is 0 Å². The number of rotatable bonds is 2. The number of piperidine rings is 2. The number of nitrogens with zero attached hydrogens (tertiary/aromatic N) is 2. The Kier molecular flexibility index (Phi) is 7.11. The van der Waals surface area contributed by atoms with Crippen molar-refractivity contribution in [1.29, 1.82) is 0 Å². The van der Waals surface area contributed by atoms with Crippen molar-refractivity contribution in [2.75, 3.05) is 0 Å². The predicted octanol–water partition coefficient (Wildman–Crippen LogP) is 3.72. The second kappa shape index (κ2) is 9.26. The molecule has 4 bridgehead atoms. The average molecular weight is 483 g/mol. The number of ether oxygens (including phenoxy) is 2. The molecule has 0 aromatic carbocycles. The van der Waals surface area contributed by atoms with Crippen molar-refractivity contribution in [2.45, 2.75) is 115 Å². The molecule has 4 rings (SSSR count). The first-order valence-corrected chi connectivity index (χ1v) is 12.1. The molecular formula is C24H38N2O8. The van der Waals surface area contributed by atoms with E-state index < -0.39 is 47.4 Å². The third-order valence-electron chi connectivity index (χ3n) is 6.88. The Labute approximate surface area is 200 Å². The number of fused-ring (bicyclic) bond motifs is 4. The fourth-order valence-electron chi connectivity index (χ4n) is 5.77. The highest BCUT2D eigenvalue weighted by atomic mass is 16.6. The molecule has 10 heteroatoms. The summed E-state index contributed by atoms with van der Waals surface area (Å²) >= 11 is 0. The van der Waals surface area contributed by atoms with Gasteiger partial charge in [0.05, 0.1) is 0 Å². The standard InChI is InChI=1S/2C12H19NO4/c2*1-12(2,3)17-11(16)13-8-5-4-7(6-8)9(13)10(14)15/h2*7-9H,4-6H2,1-3H3,(H,14,15)/t2*7-,8-,9+/m10/s1. The Balaban J connectivity index is 0.000000191. The monoisotopic (exact) mass is 482 g/mol. The summed E-state index contributed by atoms with van der Waals surface area (Å²) in [6, 6.07) is -1.28. The van der Waals surface area contributed by atoms with Crippen molar-refractivity contribution in [3.8, 4) is 0 Å². The third-order valence-corrected chi connectivity index (χ3v) is 6.88. The number of hydrogen-bond acceptors (Lipinski definition) is 6. The second-order valence-electron chi connectivity index (χ2n) is 11.8. The fraction of sp³-hybridized carbons (Fsp3) is 0.833. The van der Waals surface area contributed by atoms with Gasteiger partial charge in [-0.3, -0.25) is 9.80 Å². The van der Waals surface area contributed by atoms with Crippen LogP contribution in [0.2, 0.25) is 0 Å². The first kappa shape index (κ1) is 26.1. The van der Waals surface area contributed by atoms with Crippen LogP contribution in [0.1, 0.15) is 80.1 Å². The second-order valence-corrected chi connectivity index (χ2v) is 11.8. The zero-order valence-corrected chi connectivity index (χ0v) is 20.9. The Morgan fingerprint density at radius 1 is 0.647 bits per heavy atom. The lowest BCUT2D eigenvalue weighted by Crippen LogP contribution is -2.50. The molecule has 34 heavy (non-hydrogen) atoms. The number of carboxylic acids is 2. The maximum absolute atomic E-state index is 12.0. The van der Waals surface area contributed by atoms with E-state index in [0.717, 1.165) is 38.5 Å². The van der Waals surface area contributed by atoms with Crippen LogP contribution in [0.4, 0.5) is 9.59 Å². The van der Waals surface area contributed by atoms with E-state index in [0.29, 0.717) is 0 Å². The zero-order chi connectivity index (χ0) is 25.6. The Morgan fingerprint density at radius 2 is 0.971 bits per heavy atom. The molecule has 4 fully saturated rings. The first-order chi connectivity index (χ1) is 15.6. The van der Waals surface area contributed by atoms with Crippen LogP contribution < -0.4 is 0 Å². The van der Waals surface area contributed by atoms with Gasteiger partial charge in [0.1, 0.15) is 23.3 Å². The van der Waals surface area contributed by atoms with Gasteiger partial charge >= 0.3 is 24.1 Å². The molecule has 2 aliphatic carbocycles. The SMILES string of the molecule is CC(C)(C)OC(=O)N1[C@@H]2CC[C@H](C2)[C@H]1C(=O)O.CC(C)(C)OC(=O)N1[C@H]2CC[C@@H](C2)[C@@H]1C(=O)O. The topological polar surface area (TPSA) is 134 Å². The molecule has 2 aliphatic heterocycles. The van der Waals surface area contributed by atoms with Crippen molar-refractivity contribution in [1.82, 2.24) is 9.80 Å². The van der Waals surface area contributed by atoms with Gasteiger partial charge in [-0.25, -0.2) is 19.2 Å². The van der Waals surface area contributed by atoms with E-state index in [1.54, 1.807) is 41.5 Å². The first-order valence-electron chi connectivity index (χ1n) is 12.1. The van der Waals surface area contributed by atoms with Gasteiger partial charge < -0.3 is 19.7 Å². The predicted molar refractivity (Wildman–Crippen MR) is 121 cm³/mol. The van der Waals surface area contributed by atoms with E-state index in [-0.39, 0.29) is 23.9 Å². The molecular weight excluding hydrogens is 444 g/mol. The fourth-order valence-corrected chi connectivity index (χ4v) is 5.77. The lowest BCUT2D eigenvalue weighted by Gasteiger charge is -2.34. The summed E-state index contributed by atoms with van der Waals surface area (Å²) in [5.74, 6) is -1.62. The number of hydrogen-bond donors (Lipinski definition) is 2. The van der Waals surface area contributed by atoms with Gasteiger partial charge in [0, 0.05) is 12.1 Å². The molecule has 0 aromatic rings. The van der Waals surface area contributed by atoms with Gasteiger partial charge in [-0.05, 0) is 91.9 Å². The maximum atomic E-state index is 12.0. The van der Waals surface area contributed by atoms with Gasteiger partial charge in [0.15, 0.2) is 0 Å². The minimum Gasteiger partial charge on any atom is -0.480 e. The quantitative estimate of drug-likeness (QED) is 0.608. The molecule has 0 unspecified atom stereocenters. The van der Waals surface area contributed by atoms with Crippen LogP contribution in [0.25, 0.3) is 0 Å². The van der Waals surface area contributed by atoms with Crippen LogP contribution in [0.5, 0.6) is 0 Å². The Hall–Kier alpha value is -2.52. The van der Waals surface area contributed by atoms with Crippen LogP contribution in [-0.2, 0) is 19.1 Å². The summed E-state index contributed by atoms with van der Waals surface area (Å²) < 4.78 is 10.6. The lowest BCUT2D eigenvalue weighted by atomic mass is 9.99. The third kappa shape index (κ3) is 5.58. The van der Waals surface area contributed by atoms with Crippen molar-refractivity contribution in [3.05, 3.63) is 0 Å². The smallest absolute Gasteiger partial charge is 0.411 e. The van der Waals surface area contributed by atoms with Crippen LogP contribution in [0.3, 0.4) is 0 Å². The molecule has 0 radical (unpaired) electrons. The maximum Gasteiger partial charge on any atom is 0.411 e. The van der Waals surface area contributed by atoms with E-state index in [9.17, 15) is 29.4 Å². The van der Waals surface area contributed by atoms with Crippen LogP contribution in [0.15, 0.2) is 0 Å². The number of carboxylic acid groups (broad SMARTS) is 2. The van der Waals surface area contributed by atoms with Gasteiger partial charge in [-0.1, -0.05) is 0 Å². The van der Waals surface area contributed by atoms with E-state index >= 15 is 0 Å². The molecule has 2 saturated heterocycles. The molecule has 4 aliphatic rings. The molecule has 6 atom stereocenters. The molecule has 0 aromatic heterocycles. The van der Waals surface area contributed by atoms with Gasteiger partial charge in [0.2, 0.25) is 0 Å². The number of aliphatic carboxylic acids is 2. The van der Waals surface area contributed by atoms with Crippen molar-refractivity contribution in [3.63, 3.8) is 0 Å². The normalized spacial score (nSPS) is 31.7. The molecule has 2 N–H and O–H groups in total. The average Bonchev–Trinajstić information content (AvgIpc) is 3.44. The summed E-state index contributed by atoms with van der Waals surface area (Å²) in [6.45, 7) is 10.7. The zero-order valence-electron chi connectivity index (χ0n) is 20.9. The highest BCUT2D eigenvalue weighted by Gasteiger charge is 2.53. The molecule has 10 nitrogen and oxygen atoms in total. The number of carbonyl (C=O) groups excluding carboxylic acids is 2. The van der Waals surface area contributed by atoms with Gasteiger partial charge in [-0.15, -0.1) is 0 Å². The Bertz CT molecular complexity index is 762. The molecule has 2 saturated carbocycles. The summed E-state index contributed by atoms with van der Waals surface area (Å²) in [6.07, 6.45) is 4.23. The van der Waals surface area contributed by atoms with E-state index in [2.05, 4.69) is 0 Å². The number of carbonyl (C=O) groups is 4. The van der Waals surface area contributed by atoms with E-state index in [1.807, 2.05) is 0 Å². The highest BCUT2D eigenvalue weighted by Crippen LogP contribution is 2.44. The molecule has 2 amide bonds. The summed E-state index contributed by atoms with van der Waals surface area (Å²) in [5.41, 5.74) is -1.16. The highest BCUT2D eigenvalue weighted by molar-refractivity contribution is 5.82. The van der Waals surface area contributed by atoms with Crippen LogP contribution >= 0.6 is 0 Å². The number of amides is 2. The number of likely N-dealkylation sites (tertiary alicyclic amines) is 2. The minimum atomic E-state index is -0.914. The van der Waals surface area contributed by atoms with Gasteiger partial charge in [0.25, 0.3) is 0 Å². The van der Waals surface area contributed by atoms with Crippen molar-refractivity contribution >= 4 is 24.1 Å². The van der Waals surface area contributed by atoms with Crippen molar-refractivity contribution < 1.29 is 38.9 Å². The Morgan fingerprint density at radius 3 is 1.24 bits per heavy atom. The summed E-state index contributed by atoms with van der Waals surface area (Å²) in [4.78, 5) is 49.3. The van der Waals surface area contributed by atoms with E-state index in [4.69, 9.17) is 9.47 Å². The summed E-state index contributed by atoms with van der Waals surface area (Å²) in [7, 11) is 0. The molecule has 2 heterocycles. The lowest BCUT2D eigenvalue weighted by molar-refractivity contribution is -0.145. The minimum absolute atomic E-state index is 0.0518. The summed E-state index contributed by atoms with van der Waals surface area (Å²) in [5, 5.41) is 18.4. The largest absolute Gasteiger partial charge is 0.480 e. The van der Waals surface area contributed by atoms with Crippen LogP contribution in [0, 0.1) is 11.8 Å². The van der Waals surface area contributed by atoms with E-state index in [1.165, 1.54) is 9.80 Å². The van der Waals surface area contributed by atoms with Crippen LogP contribution in [-0.4, -0.2) is 79.5 Å². The molecule has 0 spiro atoms. The van der Waals surface area contributed by atoms with Crippen molar-refractivity contribution in [2.24, 2.45) is 11.8 Å². The molecule has 192 valence electrons.